The number of carbonyl (C=O) groups excluding carboxylic acids is 2. The first-order valence-electron chi connectivity index (χ1n) is 9.00. The average molecular weight is 348 g/mol. The fourth-order valence-electron chi connectivity index (χ4n) is 2.47. The van der Waals surface area contributed by atoms with Gasteiger partial charge in [0.25, 0.3) is 5.91 Å². The van der Waals surface area contributed by atoms with Crippen molar-refractivity contribution < 1.29 is 9.59 Å². The molecule has 140 valence electrons. The van der Waals surface area contributed by atoms with E-state index < -0.39 is 6.04 Å². The van der Waals surface area contributed by atoms with Crippen molar-refractivity contribution in [1.29, 1.82) is 0 Å². The van der Waals surface area contributed by atoms with Crippen LogP contribution >= 0.6 is 0 Å². The zero-order chi connectivity index (χ0) is 19.0. The third kappa shape index (κ3) is 6.86. The SMILES string of the molecule is CNCCCNC(=O)C(NC(=O)c1ccc(C(C)(C)C)cc1)C(C)C. The van der Waals surface area contributed by atoms with Crippen LogP contribution < -0.4 is 16.0 Å². The van der Waals surface area contributed by atoms with Gasteiger partial charge in [-0.2, -0.15) is 0 Å². The highest BCUT2D eigenvalue weighted by Crippen LogP contribution is 2.22. The monoisotopic (exact) mass is 347 g/mol. The molecule has 5 nitrogen and oxygen atoms in total. The number of amides is 2. The zero-order valence-electron chi connectivity index (χ0n) is 16.4. The Kier molecular flexibility index (Phi) is 8.10. The number of carbonyl (C=O) groups is 2. The van der Waals surface area contributed by atoms with E-state index in [1.165, 1.54) is 5.56 Å². The molecule has 0 aromatic heterocycles. The van der Waals surface area contributed by atoms with E-state index in [2.05, 4.69) is 36.7 Å². The largest absolute Gasteiger partial charge is 0.354 e. The lowest BCUT2D eigenvalue weighted by atomic mass is 9.86. The van der Waals surface area contributed by atoms with Crippen LogP contribution in [0.3, 0.4) is 0 Å². The summed E-state index contributed by atoms with van der Waals surface area (Å²) in [5.41, 5.74) is 1.79. The standard InChI is InChI=1S/C20H33N3O2/c1-14(2)17(19(25)22-13-7-12-21-6)23-18(24)15-8-10-16(11-9-15)20(3,4)5/h8-11,14,17,21H,7,12-13H2,1-6H3,(H,22,25)(H,23,24). The van der Waals surface area contributed by atoms with E-state index in [0.717, 1.165) is 13.0 Å². The van der Waals surface area contributed by atoms with Crippen molar-refractivity contribution in [2.45, 2.75) is 52.5 Å². The maximum atomic E-state index is 12.5. The molecule has 0 aliphatic heterocycles. The smallest absolute Gasteiger partial charge is 0.251 e. The zero-order valence-corrected chi connectivity index (χ0v) is 16.4. The molecule has 0 spiro atoms. The molecule has 25 heavy (non-hydrogen) atoms. The first-order valence-corrected chi connectivity index (χ1v) is 9.00. The van der Waals surface area contributed by atoms with Gasteiger partial charge in [0.1, 0.15) is 6.04 Å². The summed E-state index contributed by atoms with van der Waals surface area (Å²) in [6.45, 7) is 11.7. The lowest BCUT2D eigenvalue weighted by Gasteiger charge is -2.22. The molecule has 3 N–H and O–H groups in total. The van der Waals surface area contributed by atoms with Crippen LogP contribution in [0, 0.1) is 5.92 Å². The Labute approximate surface area is 152 Å². The Bertz CT molecular complexity index is 559. The Morgan fingerprint density at radius 2 is 1.64 bits per heavy atom. The summed E-state index contributed by atoms with van der Waals surface area (Å²) in [6.07, 6.45) is 0.856. The Morgan fingerprint density at radius 1 is 1.04 bits per heavy atom. The fourth-order valence-corrected chi connectivity index (χ4v) is 2.47. The molecule has 2 amide bonds. The molecule has 1 unspecified atom stereocenters. The van der Waals surface area contributed by atoms with Gasteiger partial charge < -0.3 is 16.0 Å². The maximum absolute atomic E-state index is 12.5. The predicted octanol–water partition coefficient (Wildman–Crippen LogP) is 2.46. The summed E-state index contributed by atoms with van der Waals surface area (Å²) in [7, 11) is 1.88. The van der Waals surface area contributed by atoms with Crippen molar-refractivity contribution >= 4 is 11.8 Å². The highest BCUT2D eigenvalue weighted by molar-refractivity contribution is 5.97. The first kappa shape index (κ1) is 21.2. The van der Waals surface area contributed by atoms with E-state index in [0.29, 0.717) is 12.1 Å². The number of benzene rings is 1. The molecule has 0 bridgehead atoms. The van der Waals surface area contributed by atoms with E-state index in [9.17, 15) is 9.59 Å². The summed E-state index contributed by atoms with van der Waals surface area (Å²) in [6, 6.07) is 7.04. The topological polar surface area (TPSA) is 70.2 Å². The normalized spacial score (nSPS) is 12.8. The second-order valence-electron chi connectivity index (χ2n) is 7.77. The summed E-state index contributed by atoms with van der Waals surface area (Å²) in [5, 5.41) is 8.80. The number of hydrogen-bond donors (Lipinski definition) is 3. The van der Waals surface area contributed by atoms with Gasteiger partial charge in [0.05, 0.1) is 0 Å². The van der Waals surface area contributed by atoms with Crippen LogP contribution in [0.1, 0.15) is 57.0 Å². The number of nitrogens with one attached hydrogen (secondary N) is 3. The van der Waals surface area contributed by atoms with Crippen LogP contribution in [-0.2, 0) is 10.2 Å². The van der Waals surface area contributed by atoms with Crippen LogP contribution in [0.4, 0.5) is 0 Å². The molecule has 0 aliphatic carbocycles. The predicted molar refractivity (Wildman–Crippen MR) is 103 cm³/mol. The lowest BCUT2D eigenvalue weighted by Crippen LogP contribution is -2.50. The molecule has 0 radical (unpaired) electrons. The van der Waals surface area contributed by atoms with Crippen molar-refractivity contribution in [1.82, 2.24) is 16.0 Å². The van der Waals surface area contributed by atoms with Crippen LogP contribution in [0.5, 0.6) is 0 Å². The van der Waals surface area contributed by atoms with Gasteiger partial charge in [-0.15, -0.1) is 0 Å². The van der Waals surface area contributed by atoms with Crippen LogP contribution in [0.2, 0.25) is 0 Å². The van der Waals surface area contributed by atoms with Crippen LogP contribution in [0.15, 0.2) is 24.3 Å². The molecule has 0 saturated heterocycles. The summed E-state index contributed by atoms with van der Waals surface area (Å²) >= 11 is 0. The van der Waals surface area contributed by atoms with E-state index in [-0.39, 0.29) is 23.1 Å². The minimum absolute atomic E-state index is 0.0158. The van der Waals surface area contributed by atoms with Crippen LogP contribution in [-0.4, -0.2) is 38.0 Å². The first-order chi connectivity index (χ1) is 11.7. The van der Waals surface area contributed by atoms with Gasteiger partial charge >= 0.3 is 0 Å². The molecular formula is C20H33N3O2. The molecular weight excluding hydrogens is 314 g/mol. The van der Waals surface area contributed by atoms with Gasteiger partial charge in [-0.1, -0.05) is 46.8 Å². The minimum Gasteiger partial charge on any atom is -0.354 e. The van der Waals surface area contributed by atoms with E-state index in [1.54, 1.807) is 0 Å². The van der Waals surface area contributed by atoms with Crippen molar-refractivity contribution in [2.24, 2.45) is 5.92 Å². The highest BCUT2D eigenvalue weighted by Gasteiger charge is 2.24. The number of hydrogen-bond acceptors (Lipinski definition) is 3. The third-order valence-corrected chi connectivity index (χ3v) is 4.15. The van der Waals surface area contributed by atoms with Gasteiger partial charge in [0.2, 0.25) is 5.91 Å². The van der Waals surface area contributed by atoms with Gasteiger partial charge in [0.15, 0.2) is 0 Å². The maximum Gasteiger partial charge on any atom is 0.251 e. The Balaban J connectivity index is 2.71. The van der Waals surface area contributed by atoms with Crippen molar-refractivity contribution in [3.63, 3.8) is 0 Å². The molecule has 1 aromatic rings. The summed E-state index contributed by atoms with van der Waals surface area (Å²) < 4.78 is 0. The van der Waals surface area contributed by atoms with Gasteiger partial charge in [0, 0.05) is 12.1 Å². The molecule has 1 rings (SSSR count). The Hall–Kier alpha value is -1.88. The summed E-state index contributed by atoms with van der Waals surface area (Å²) in [4.78, 5) is 24.9. The third-order valence-electron chi connectivity index (χ3n) is 4.15. The van der Waals surface area contributed by atoms with Crippen molar-refractivity contribution in [3.8, 4) is 0 Å². The summed E-state index contributed by atoms with van der Waals surface area (Å²) in [5.74, 6) is -0.336. The molecule has 0 aliphatic rings. The van der Waals surface area contributed by atoms with Crippen molar-refractivity contribution in [3.05, 3.63) is 35.4 Å². The van der Waals surface area contributed by atoms with E-state index >= 15 is 0 Å². The minimum atomic E-state index is -0.538. The lowest BCUT2D eigenvalue weighted by molar-refractivity contribution is -0.123. The van der Waals surface area contributed by atoms with E-state index in [4.69, 9.17) is 0 Å². The molecule has 5 heteroatoms. The van der Waals surface area contributed by atoms with E-state index in [1.807, 2.05) is 45.2 Å². The van der Waals surface area contributed by atoms with Gasteiger partial charge in [-0.3, -0.25) is 9.59 Å². The molecule has 0 fully saturated rings. The highest BCUT2D eigenvalue weighted by atomic mass is 16.2. The van der Waals surface area contributed by atoms with Crippen molar-refractivity contribution in [2.75, 3.05) is 20.1 Å². The second kappa shape index (κ2) is 9.56. The average Bonchev–Trinajstić information content (AvgIpc) is 2.55. The molecule has 0 saturated carbocycles. The Morgan fingerprint density at radius 3 is 2.12 bits per heavy atom. The quantitative estimate of drug-likeness (QED) is 0.633. The molecule has 1 atom stereocenters. The number of rotatable bonds is 8. The van der Waals surface area contributed by atoms with Gasteiger partial charge in [-0.05, 0) is 49.0 Å². The second-order valence-corrected chi connectivity index (χ2v) is 7.77. The van der Waals surface area contributed by atoms with Crippen LogP contribution in [0.25, 0.3) is 0 Å². The fraction of sp³-hybridized carbons (Fsp3) is 0.600. The molecule has 1 aromatic carbocycles. The van der Waals surface area contributed by atoms with Gasteiger partial charge in [-0.25, -0.2) is 0 Å². The molecule has 0 heterocycles.